The number of hydrogen-bond acceptors (Lipinski definition) is 6. The molecule has 0 spiro atoms. The van der Waals surface area contributed by atoms with Crippen molar-refractivity contribution in [3.8, 4) is 11.5 Å². The van der Waals surface area contributed by atoms with Crippen molar-refractivity contribution in [3.63, 3.8) is 0 Å². The second kappa shape index (κ2) is 12.9. The molecule has 11 heteroatoms. The maximum absolute atomic E-state index is 14.2. The van der Waals surface area contributed by atoms with Crippen molar-refractivity contribution < 1.29 is 27.4 Å². The first kappa shape index (κ1) is 31.7. The van der Waals surface area contributed by atoms with E-state index in [0.29, 0.717) is 49.2 Å². The number of amides is 1. The molecule has 3 aliphatic heterocycles. The number of H-pyrrole nitrogens is 1. The number of aromatic amines is 1. The first-order valence-corrected chi connectivity index (χ1v) is 16.5. The first-order valence-electron chi connectivity index (χ1n) is 16.5. The third-order valence-corrected chi connectivity index (χ3v) is 9.94. The van der Waals surface area contributed by atoms with Crippen LogP contribution in [0.3, 0.4) is 0 Å². The number of rotatable bonds is 8. The monoisotopic (exact) mass is 647 g/mol. The van der Waals surface area contributed by atoms with Crippen LogP contribution in [0.1, 0.15) is 59.3 Å². The average Bonchev–Trinajstić information content (AvgIpc) is 3.45. The molecule has 0 saturated carbocycles. The van der Waals surface area contributed by atoms with Crippen molar-refractivity contribution >= 4 is 16.9 Å². The molecule has 5 heterocycles. The smallest absolute Gasteiger partial charge is 0.416 e. The van der Waals surface area contributed by atoms with Crippen molar-refractivity contribution in [1.29, 1.82) is 0 Å². The normalized spacial score (nSPS) is 19.5. The number of benzene rings is 2. The van der Waals surface area contributed by atoms with E-state index < -0.39 is 11.7 Å². The number of pyridine rings is 1. The fraction of sp³-hybridized carbons (Fsp3) is 0.444. The van der Waals surface area contributed by atoms with Crippen molar-refractivity contribution in [2.45, 2.75) is 51.4 Å². The van der Waals surface area contributed by atoms with Crippen molar-refractivity contribution in [2.75, 3.05) is 52.5 Å². The number of alkyl halides is 3. The highest BCUT2D eigenvalue weighted by molar-refractivity contribution is 5.84. The molecule has 47 heavy (non-hydrogen) atoms. The molecule has 1 atom stereocenters. The molecule has 248 valence electrons. The number of ether oxygens (including phenoxy) is 2. The van der Waals surface area contributed by atoms with Crippen LogP contribution in [-0.2, 0) is 35.1 Å². The van der Waals surface area contributed by atoms with E-state index in [9.17, 15) is 18.0 Å². The van der Waals surface area contributed by atoms with Gasteiger partial charge in [0, 0.05) is 57.1 Å². The number of nitrogens with zero attached hydrogens (tertiary/aromatic N) is 4. The fourth-order valence-corrected chi connectivity index (χ4v) is 6.99. The minimum absolute atomic E-state index is 0.0920. The molecule has 0 bridgehead atoms. The number of aromatic nitrogens is 2. The minimum Gasteiger partial charge on any atom is -0.457 e. The standard InChI is InChI=1S/C36H40F3N5O3/c1-3-42-12-14-43(15-13-42)20-26-5-4-24(16-31(26)36(37,38)39)17-34(45)44-11-9-25-6-7-28(18-29(25)23(44)2)47-33-8-10-40-35-30(33)19-32(41-35)27-21-46-22-27/h4-8,10,16,18-19,23,27H,3,9,11-15,17,20-22H2,1-2H3,(H,40,41)/t23-/m0/s1. The highest BCUT2D eigenvalue weighted by Gasteiger charge is 2.35. The van der Waals surface area contributed by atoms with E-state index in [4.69, 9.17) is 9.47 Å². The highest BCUT2D eigenvalue weighted by Crippen LogP contribution is 2.38. The van der Waals surface area contributed by atoms with E-state index in [0.717, 1.165) is 60.6 Å². The van der Waals surface area contributed by atoms with Crippen LogP contribution in [0.2, 0.25) is 0 Å². The topological polar surface area (TPSA) is 73.9 Å². The van der Waals surface area contributed by atoms with Gasteiger partial charge in [0.2, 0.25) is 5.91 Å². The predicted octanol–water partition coefficient (Wildman–Crippen LogP) is 6.31. The summed E-state index contributed by atoms with van der Waals surface area (Å²) in [7, 11) is 0. The third kappa shape index (κ3) is 6.61. The van der Waals surface area contributed by atoms with Gasteiger partial charge in [0.25, 0.3) is 0 Å². The van der Waals surface area contributed by atoms with Gasteiger partial charge in [0.15, 0.2) is 0 Å². The fourth-order valence-electron chi connectivity index (χ4n) is 6.99. The molecule has 2 saturated heterocycles. The average molecular weight is 648 g/mol. The van der Waals surface area contributed by atoms with Gasteiger partial charge in [-0.05, 0) is 72.5 Å². The number of carbonyl (C=O) groups excluding carboxylic acids is 1. The summed E-state index contributed by atoms with van der Waals surface area (Å²) in [6, 6.07) is 14.0. The highest BCUT2D eigenvalue weighted by atomic mass is 19.4. The largest absolute Gasteiger partial charge is 0.457 e. The van der Waals surface area contributed by atoms with Gasteiger partial charge in [-0.25, -0.2) is 4.98 Å². The Hall–Kier alpha value is -3.93. The molecule has 0 unspecified atom stereocenters. The van der Waals surface area contributed by atoms with Crippen molar-refractivity contribution in [2.24, 2.45) is 0 Å². The number of likely N-dealkylation sites (N-methyl/N-ethyl adjacent to an activating group) is 1. The second-order valence-corrected chi connectivity index (χ2v) is 12.9. The second-order valence-electron chi connectivity index (χ2n) is 12.9. The van der Waals surface area contributed by atoms with Gasteiger partial charge in [-0.15, -0.1) is 0 Å². The first-order chi connectivity index (χ1) is 22.7. The van der Waals surface area contributed by atoms with Crippen LogP contribution in [0, 0.1) is 0 Å². The molecule has 4 aromatic rings. The summed E-state index contributed by atoms with van der Waals surface area (Å²) in [6.07, 6.45) is -2.22. The zero-order valence-corrected chi connectivity index (χ0v) is 26.8. The maximum Gasteiger partial charge on any atom is 0.416 e. The van der Waals surface area contributed by atoms with Crippen LogP contribution in [0.5, 0.6) is 11.5 Å². The quantitative estimate of drug-likeness (QED) is 0.242. The number of halogens is 3. The summed E-state index contributed by atoms with van der Waals surface area (Å²) < 4.78 is 54.3. The van der Waals surface area contributed by atoms with Crippen LogP contribution in [0.25, 0.3) is 11.0 Å². The number of carbonyl (C=O) groups is 1. The summed E-state index contributed by atoms with van der Waals surface area (Å²) in [4.78, 5) is 27.6. The Balaban J connectivity index is 1.05. The van der Waals surface area contributed by atoms with Gasteiger partial charge in [0.1, 0.15) is 17.1 Å². The molecule has 1 N–H and O–H groups in total. The molecular weight excluding hydrogens is 607 g/mol. The van der Waals surface area contributed by atoms with E-state index >= 15 is 0 Å². The Morgan fingerprint density at radius 2 is 1.81 bits per heavy atom. The molecule has 1 amide bonds. The predicted molar refractivity (Wildman–Crippen MR) is 173 cm³/mol. The van der Waals surface area contributed by atoms with Crippen molar-refractivity contribution in [1.82, 2.24) is 24.7 Å². The summed E-state index contributed by atoms with van der Waals surface area (Å²) in [6.45, 7) is 10.3. The van der Waals surface area contributed by atoms with E-state index in [1.807, 2.05) is 31.2 Å². The van der Waals surface area contributed by atoms with Gasteiger partial charge in [-0.3, -0.25) is 9.69 Å². The summed E-state index contributed by atoms with van der Waals surface area (Å²) in [5, 5.41) is 0.889. The van der Waals surface area contributed by atoms with Gasteiger partial charge in [-0.2, -0.15) is 13.2 Å². The van der Waals surface area contributed by atoms with E-state index in [-0.39, 0.29) is 30.5 Å². The van der Waals surface area contributed by atoms with Gasteiger partial charge in [-0.1, -0.05) is 25.1 Å². The lowest BCUT2D eigenvalue weighted by atomic mass is 9.92. The molecule has 8 nitrogen and oxygen atoms in total. The zero-order valence-electron chi connectivity index (χ0n) is 26.8. The molecule has 7 rings (SSSR count). The van der Waals surface area contributed by atoms with Gasteiger partial charge >= 0.3 is 6.18 Å². The van der Waals surface area contributed by atoms with Crippen LogP contribution >= 0.6 is 0 Å². The Morgan fingerprint density at radius 3 is 2.53 bits per heavy atom. The lowest BCUT2D eigenvalue weighted by Crippen LogP contribution is -2.45. The lowest BCUT2D eigenvalue weighted by molar-refractivity contribution is -0.139. The maximum atomic E-state index is 14.2. The lowest BCUT2D eigenvalue weighted by Gasteiger charge is -2.36. The summed E-state index contributed by atoms with van der Waals surface area (Å²) >= 11 is 0. The van der Waals surface area contributed by atoms with E-state index in [2.05, 4.69) is 32.8 Å². The minimum atomic E-state index is -4.50. The Bertz CT molecular complexity index is 1760. The number of hydrogen-bond donors (Lipinski definition) is 1. The van der Waals surface area contributed by atoms with E-state index in [1.165, 1.54) is 6.07 Å². The Morgan fingerprint density at radius 1 is 1.02 bits per heavy atom. The number of fused-ring (bicyclic) bond motifs is 2. The SMILES string of the molecule is CCN1CCN(Cc2ccc(CC(=O)N3CCc4ccc(Oc5ccnc6[nH]c(C7COC7)cc56)cc4[C@@H]3C)cc2C(F)(F)F)CC1. The molecule has 0 radical (unpaired) electrons. The Labute approximate surface area is 272 Å². The number of piperazine rings is 1. The summed E-state index contributed by atoms with van der Waals surface area (Å²) in [5.41, 5.74) is 3.91. The Kier molecular flexibility index (Phi) is 8.71. The van der Waals surface area contributed by atoms with Crippen LogP contribution in [-0.4, -0.2) is 83.1 Å². The molecule has 2 aromatic carbocycles. The van der Waals surface area contributed by atoms with E-state index in [1.54, 1.807) is 23.2 Å². The van der Waals surface area contributed by atoms with Crippen LogP contribution in [0.4, 0.5) is 13.2 Å². The number of nitrogens with one attached hydrogen (secondary N) is 1. The van der Waals surface area contributed by atoms with Crippen LogP contribution in [0.15, 0.2) is 54.7 Å². The summed E-state index contributed by atoms with van der Waals surface area (Å²) in [5.74, 6) is 1.46. The molecule has 0 aliphatic carbocycles. The molecule has 3 aliphatic rings. The molecule has 2 fully saturated rings. The van der Waals surface area contributed by atoms with Crippen LogP contribution < -0.4 is 4.74 Å². The third-order valence-electron chi connectivity index (χ3n) is 9.94. The van der Waals surface area contributed by atoms with Crippen molar-refractivity contribution in [3.05, 3.63) is 88.2 Å². The molecular formula is C36H40F3N5O3. The zero-order chi connectivity index (χ0) is 32.7. The van der Waals surface area contributed by atoms with Gasteiger partial charge < -0.3 is 24.3 Å². The van der Waals surface area contributed by atoms with Gasteiger partial charge in [0.05, 0.1) is 36.6 Å². The molecule has 2 aromatic heterocycles.